The standard InChI is InChI=1S/C21H22F2N2O3/c22-17-6-5-16(11-18(17)23)15-3-1-14(2-4-15)12-21(7-9-28-10-8-21)20(27)25-13-19(24)26/h1-6,11H,7-10,12-13H2,(H2,24,26)(H,25,27). The smallest absolute Gasteiger partial charge is 0.236 e. The van der Waals surface area contributed by atoms with Crippen molar-refractivity contribution in [2.24, 2.45) is 11.1 Å². The van der Waals surface area contributed by atoms with Gasteiger partial charge in [-0.1, -0.05) is 30.3 Å². The van der Waals surface area contributed by atoms with E-state index in [2.05, 4.69) is 5.32 Å². The third-order valence-corrected chi connectivity index (χ3v) is 5.10. The van der Waals surface area contributed by atoms with Crippen molar-refractivity contribution in [2.45, 2.75) is 19.3 Å². The van der Waals surface area contributed by atoms with E-state index in [1.807, 2.05) is 24.3 Å². The molecule has 0 radical (unpaired) electrons. The summed E-state index contributed by atoms with van der Waals surface area (Å²) < 4.78 is 32.0. The van der Waals surface area contributed by atoms with Crippen LogP contribution < -0.4 is 11.1 Å². The highest BCUT2D eigenvalue weighted by molar-refractivity contribution is 5.87. The number of nitrogens with two attached hydrogens (primary N) is 1. The predicted molar refractivity (Wildman–Crippen MR) is 100 cm³/mol. The molecule has 1 fully saturated rings. The summed E-state index contributed by atoms with van der Waals surface area (Å²) in [6, 6.07) is 11.1. The molecular formula is C21H22F2N2O3. The lowest BCUT2D eigenvalue weighted by Gasteiger charge is -2.35. The van der Waals surface area contributed by atoms with E-state index in [0.29, 0.717) is 38.0 Å². The first-order chi connectivity index (χ1) is 13.4. The fourth-order valence-corrected chi connectivity index (χ4v) is 3.48. The Labute approximate surface area is 161 Å². The minimum absolute atomic E-state index is 0.198. The van der Waals surface area contributed by atoms with Crippen LogP contribution in [0.25, 0.3) is 11.1 Å². The third-order valence-electron chi connectivity index (χ3n) is 5.10. The SMILES string of the molecule is NC(=O)CNC(=O)C1(Cc2ccc(-c3ccc(F)c(F)c3)cc2)CCOCC1. The minimum atomic E-state index is -0.895. The number of benzene rings is 2. The molecule has 0 aliphatic carbocycles. The second-order valence-corrected chi connectivity index (χ2v) is 7.04. The van der Waals surface area contributed by atoms with Gasteiger partial charge in [0.1, 0.15) is 0 Å². The number of hydrogen-bond acceptors (Lipinski definition) is 3. The Bertz CT molecular complexity index is 862. The lowest BCUT2D eigenvalue weighted by Crippen LogP contribution is -2.48. The van der Waals surface area contributed by atoms with Crippen LogP contribution in [0.5, 0.6) is 0 Å². The van der Waals surface area contributed by atoms with Crippen LogP contribution in [0.2, 0.25) is 0 Å². The van der Waals surface area contributed by atoms with Gasteiger partial charge >= 0.3 is 0 Å². The number of rotatable bonds is 6. The molecule has 0 aromatic heterocycles. The number of carbonyl (C=O) groups excluding carboxylic acids is 2. The van der Waals surface area contributed by atoms with E-state index in [-0.39, 0.29) is 12.5 Å². The molecule has 0 unspecified atom stereocenters. The average molecular weight is 388 g/mol. The zero-order valence-corrected chi connectivity index (χ0v) is 15.3. The van der Waals surface area contributed by atoms with Crippen LogP contribution in [0.1, 0.15) is 18.4 Å². The molecule has 1 aliphatic heterocycles. The van der Waals surface area contributed by atoms with Gasteiger partial charge in [0.25, 0.3) is 0 Å². The van der Waals surface area contributed by atoms with Crippen LogP contribution >= 0.6 is 0 Å². The van der Waals surface area contributed by atoms with Crippen LogP contribution in [-0.4, -0.2) is 31.6 Å². The number of ether oxygens (including phenoxy) is 1. The summed E-state index contributed by atoms with van der Waals surface area (Å²) >= 11 is 0. The molecule has 0 spiro atoms. The largest absolute Gasteiger partial charge is 0.381 e. The Morgan fingerprint density at radius 2 is 1.64 bits per heavy atom. The van der Waals surface area contributed by atoms with Crippen molar-refractivity contribution in [3.05, 3.63) is 59.7 Å². The number of nitrogens with one attached hydrogen (secondary N) is 1. The Hall–Kier alpha value is -2.80. The predicted octanol–water partition coefficient (Wildman–Crippen LogP) is 2.57. The van der Waals surface area contributed by atoms with Gasteiger partial charge in [0.05, 0.1) is 12.0 Å². The van der Waals surface area contributed by atoms with Gasteiger partial charge in [-0.25, -0.2) is 8.78 Å². The number of amides is 2. The van der Waals surface area contributed by atoms with E-state index in [4.69, 9.17) is 10.5 Å². The number of hydrogen-bond donors (Lipinski definition) is 2. The van der Waals surface area contributed by atoms with Gasteiger partial charge in [-0.15, -0.1) is 0 Å². The van der Waals surface area contributed by atoms with Crippen LogP contribution in [0, 0.1) is 17.0 Å². The zero-order valence-electron chi connectivity index (χ0n) is 15.3. The molecule has 7 heteroatoms. The molecule has 3 rings (SSSR count). The average Bonchev–Trinajstić information content (AvgIpc) is 2.69. The van der Waals surface area contributed by atoms with E-state index in [0.717, 1.165) is 23.3 Å². The molecule has 1 heterocycles. The highest BCUT2D eigenvalue weighted by Crippen LogP contribution is 2.35. The van der Waals surface area contributed by atoms with Crippen molar-refractivity contribution in [3.8, 4) is 11.1 Å². The molecule has 2 aromatic rings. The molecule has 0 atom stereocenters. The van der Waals surface area contributed by atoms with Crippen molar-refractivity contribution in [1.29, 1.82) is 0 Å². The van der Waals surface area contributed by atoms with E-state index in [1.54, 1.807) is 0 Å². The van der Waals surface area contributed by atoms with Gasteiger partial charge in [-0.3, -0.25) is 9.59 Å². The Kier molecular flexibility index (Phi) is 6.04. The van der Waals surface area contributed by atoms with E-state index >= 15 is 0 Å². The first-order valence-corrected chi connectivity index (χ1v) is 9.08. The maximum atomic E-state index is 13.5. The molecule has 1 aliphatic rings. The van der Waals surface area contributed by atoms with Crippen molar-refractivity contribution >= 4 is 11.8 Å². The lowest BCUT2D eigenvalue weighted by atomic mass is 9.74. The monoisotopic (exact) mass is 388 g/mol. The summed E-state index contributed by atoms with van der Waals surface area (Å²) in [7, 11) is 0. The fourth-order valence-electron chi connectivity index (χ4n) is 3.48. The molecule has 3 N–H and O–H groups in total. The molecule has 0 saturated carbocycles. The molecule has 2 aromatic carbocycles. The second kappa shape index (κ2) is 8.48. The Balaban J connectivity index is 1.78. The first kappa shape index (κ1) is 19.9. The van der Waals surface area contributed by atoms with Gasteiger partial charge in [0, 0.05) is 13.2 Å². The molecule has 5 nitrogen and oxygen atoms in total. The van der Waals surface area contributed by atoms with E-state index in [1.165, 1.54) is 6.07 Å². The van der Waals surface area contributed by atoms with Crippen LogP contribution in [-0.2, 0) is 20.7 Å². The molecule has 148 valence electrons. The highest BCUT2D eigenvalue weighted by atomic mass is 19.2. The summed E-state index contributed by atoms with van der Waals surface area (Å²) in [5, 5.41) is 2.62. The van der Waals surface area contributed by atoms with Gasteiger partial charge in [-0.2, -0.15) is 0 Å². The van der Waals surface area contributed by atoms with E-state index in [9.17, 15) is 18.4 Å². The molecule has 1 saturated heterocycles. The number of carbonyl (C=O) groups is 2. The number of primary amides is 1. The van der Waals surface area contributed by atoms with Crippen LogP contribution in [0.15, 0.2) is 42.5 Å². The van der Waals surface area contributed by atoms with Crippen LogP contribution in [0.3, 0.4) is 0 Å². The van der Waals surface area contributed by atoms with Crippen molar-refractivity contribution in [2.75, 3.05) is 19.8 Å². The summed E-state index contributed by atoms with van der Waals surface area (Å²) in [6.07, 6.45) is 1.57. The molecule has 2 amide bonds. The van der Waals surface area contributed by atoms with Gasteiger partial charge < -0.3 is 15.8 Å². The summed E-state index contributed by atoms with van der Waals surface area (Å²) in [6.45, 7) is 0.740. The third kappa shape index (κ3) is 4.54. The zero-order chi connectivity index (χ0) is 20.1. The molecular weight excluding hydrogens is 366 g/mol. The van der Waals surface area contributed by atoms with E-state index < -0.39 is 23.0 Å². The molecule has 0 bridgehead atoms. The topological polar surface area (TPSA) is 81.4 Å². The maximum Gasteiger partial charge on any atom is 0.236 e. The van der Waals surface area contributed by atoms with Crippen molar-refractivity contribution in [3.63, 3.8) is 0 Å². The summed E-state index contributed by atoms with van der Waals surface area (Å²) in [4.78, 5) is 23.7. The minimum Gasteiger partial charge on any atom is -0.381 e. The van der Waals surface area contributed by atoms with Crippen LogP contribution in [0.4, 0.5) is 8.78 Å². The fraction of sp³-hybridized carbons (Fsp3) is 0.333. The maximum absolute atomic E-state index is 13.5. The van der Waals surface area contributed by atoms with Gasteiger partial charge in [0.15, 0.2) is 11.6 Å². The van der Waals surface area contributed by atoms with Crippen molar-refractivity contribution < 1.29 is 23.1 Å². The van der Waals surface area contributed by atoms with Gasteiger partial charge in [0.2, 0.25) is 11.8 Å². The summed E-state index contributed by atoms with van der Waals surface area (Å²) in [5.41, 5.74) is 6.72. The number of halogens is 2. The van der Waals surface area contributed by atoms with Gasteiger partial charge in [-0.05, 0) is 48.1 Å². The quantitative estimate of drug-likeness (QED) is 0.798. The first-order valence-electron chi connectivity index (χ1n) is 9.08. The normalized spacial score (nSPS) is 15.8. The highest BCUT2D eigenvalue weighted by Gasteiger charge is 2.40. The van der Waals surface area contributed by atoms with Crippen molar-refractivity contribution in [1.82, 2.24) is 5.32 Å². The molecule has 28 heavy (non-hydrogen) atoms. The Morgan fingerprint density at radius 1 is 1.00 bits per heavy atom. The second-order valence-electron chi connectivity index (χ2n) is 7.04. The summed E-state index contributed by atoms with van der Waals surface area (Å²) in [5.74, 6) is -2.58. The Morgan fingerprint density at radius 3 is 2.25 bits per heavy atom. The lowest BCUT2D eigenvalue weighted by molar-refractivity contribution is -0.137.